The van der Waals surface area contributed by atoms with Gasteiger partial charge >= 0.3 is 0 Å². The first-order chi connectivity index (χ1) is 8.40. The number of thioether (sulfide) groups is 1. The molecule has 2 rings (SSSR count). The van der Waals surface area contributed by atoms with E-state index in [1.165, 1.54) is 0 Å². The van der Waals surface area contributed by atoms with Crippen LogP contribution in [0.15, 0.2) is 22.5 Å². The average Bonchev–Trinajstić information content (AvgIpc) is 2.69. The van der Waals surface area contributed by atoms with Crippen LogP contribution in [0.25, 0.3) is 10.2 Å². The molecule has 3 nitrogen and oxygen atoms in total. The van der Waals surface area contributed by atoms with Gasteiger partial charge in [-0.2, -0.15) is 0 Å². The third-order valence-corrected chi connectivity index (χ3v) is 4.70. The molecule has 1 N–H and O–H groups in total. The van der Waals surface area contributed by atoms with Gasteiger partial charge in [0.25, 0.3) is 0 Å². The van der Waals surface area contributed by atoms with E-state index >= 15 is 0 Å². The third kappa shape index (κ3) is 3.05. The Morgan fingerprint density at radius 2 is 2.22 bits per heavy atom. The molecule has 0 aliphatic heterocycles. The summed E-state index contributed by atoms with van der Waals surface area (Å²) >= 11 is 6.61. The Hall–Kier alpha value is -0.590. The second kappa shape index (κ2) is 5.19. The van der Waals surface area contributed by atoms with Crippen LogP contribution >= 0.6 is 39.0 Å². The van der Waals surface area contributed by atoms with Crippen molar-refractivity contribution in [3.63, 3.8) is 0 Å². The zero-order valence-electron chi connectivity index (χ0n) is 10.3. The molecule has 0 aliphatic rings. The van der Waals surface area contributed by atoms with E-state index in [4.69, 9.17) is 0 Å². The summed E-state index contributed by atoms with van der Waals surface area (Å²) in [4.78, 5) is 16.3. The highest BCUT2D eigenvalue weighted by Crippen LogP contribution is 2.30. The van der Waals surface area contributed by atoms with Gasteiger partial charge in [0.2, 0.25) is 5.91 Å². The van der Waals surface area contributed by atoms with E-state index in [1.807, 2.05) is 38.3 Å². The van der Waals surface area contributed by atoms with Crippen LogP contribution in [-0.2, 0) is 4.79 Å². The summed E-state index contributed by atoms with van der Waals surface area (Å²) in [5.74, 6) is -0.0588. The molecule has 0 spiro atoms. The van der Waals surface area contributed by atoms with Crippen LogP contribution in [0.5, 0.6) is 0 Å². The van der Waals surface area contributed by atoms with E-state index in [0.717, 1.165) is 20.2 Å². The molecule has 0 fully saturated rings. The highest BCUT2D eigenvalue weighted by molar-refractivity contribution is 9.10. The van der Waals surface area contributed by atoms with Crippen LogP contribution < -0.4 is 5.32 Å². The Kier molecular flexibility index (Phi) is 3.99. The van der Waals surface area contributed by atoms with Gasteiger partial charge in [0.05, 0.1) is 14.5 Å². The standard InChI is InChI=1S/C12H13BrN2OS2/c1-12(2,13)10(16)14-7-4-5-8-9(6-7)18-11(15-8)17-3/h4-6H,1-3H3,(H,14,16). The molecule has 1 aromatic carbocycles. The number of fused-ring (bicyclic) bond motifs is 1. The highest BCUT2D eigenvalue weighted by Gasteiger charge is 2.23. The SMILES string of the molecule is CSc1nc2ccc(NC(=O)C(C)(C)Br)cc2s1. The van der Waals surface area contributed by atoms with Crippen molar-refractivity contribution in [2.75, 3.05) is 11.6 Å². The summed E-state index contributed by atoms with van der Waals surface area (Å²) in [5, 5.41) is 2.89. The number of amides is 1. The first-order valence-corrected chi connectivity index (χ1v) is 8.18. The fourth-order valence-corrected chi connectivity index (χ4v) is 2.98. The van der Waals surface area contributed by atoms with Gasteiger partial charge in [0.1, 0.15) is 0 Å². The first kappa shape index (κ1) is 13.8. The second-order valence-corrected chi connectivity index (χ2v) is 8.36. The number of nitrogens with one attached hydrogen (secondary N) is 1. The van der Waals surface area contributed by atoms with Gasteiger partial charge < -0.3 is 5.32 Å². The largest absolute Gasteiger partial charge is 0.325 e. The van der Waals surface area contributed by atoms with E-state index < -0.39 is 4.32 Å². The number of anilines is 1. The molecule has 0 saturated heterocycles. The number of rotatable bonds is 3. The summed E-state index contributed by atoms with van der Waals surface area (Å²) in [5.41, 5.74) is 1.77. The maximum absolute atomic E-state index is 11.9. The lowest BCUT2D eigenvalue weighted by molar-refractivity contribution is -0.117. The van der Waals surface area contributed by atoms with Gasteiger partial charge in [-0.25, -0.2) is 4.98 Å². The Balaban J connectivity index is 2.27. The molecule has 0 atom stereocenters. The zero-order valence-corrected chi connectivity index (χ0v) is 13.5. The highest BCUT2D eigenvalue weighted by atomic mass is 79.9. The number of carbonyl (C=O) groups is 1. The number of nitrogens with zero attached hydrogens (tertiary/aromatic N) is 1. The van der Waals surface area contributed by atoms with Gasteiger partial charge in [-0.1, -0.05) is 27.7 Å². The monoisotopic (exact) mass is 344 g/mol. The van der Waals surface area contributed by atoms with Crippen molar-refractivity contribution in [3.8, 4) is 0 Å². The van der Waals surface area contributed by atoms with Crippen molar-refractivity contribution < 1.29 is 4.79 Å². The van der Waals surface area contributed by atoms with Gasteiger partial charge in [-0.15, -0.1) is 11.3 Å². The maximum atomic E-state index is 11.9. The molecule has 1 aromatic heterocycles. The lowest BCUT2D eigenvalue weighted by Gasteiger charge is -2.15. The van der Waals surface area contributed by atoms with Crippen LogP contribution in [0, 0.1) is 0 Å². The summed E-state index contributed by atoms with van der Waals surface area (Å²) in [6, 6.07) is 5.77. The Morgan fingerprint density at radius 3 is 2.83 bits per heavy atom. The minimum absolute atomic E-state index is 0.0588. The predicted octanol–water partition coefficient (Wildman–Crippen LogP) is 4.13. The van der Waals surface area contributed by atoms with Crippen LogP contribution in [0.3, 0.4) is 0 Å². The second-order valence-electron chi connectivity index (χ2n) is 4.29. The Labute approximate surface area is 122 Å². The van der Waals surface area contributed by atoms with Crippen molar-refractivity contribution in [2.24, 2.45) is 0 Å². The molecule has 6 heteroatoms. The molecule has 0 unspecified atom stereocenters. The normalized spacial score (nSPS) is 11.8. The van der Waals surface area contributed by atoms with Crippen molar-refractivity contribution in [3.05, 3.63) is 18.2 Å². The van der Waals surface area contributed by atoms with Gasteiger partial charge in [-0.05, 0) is 38.3 Å². The maximum Gasteiger partial charge on any atom is 0.240 e. The van der Waals surface area contributed by atoms with E-state index in [1.54, 1.807) is 23.1 Å². The lowest BCUT2D eigenvalue weighted by atomic mass is 10.2. The van der Waals surface area contributed by atoms with Crippen LogP contribution in [0.1, 0.15) is 13.8 Å². The third-order valence-electron chi connectivity index (χ3n) is 2.34. The quantitative estimate of drug-likeness (QED) is 0.672. The lowest BCUT2D eigenvalue weighted by Crippen LogP contribution is -2.30. The van der Waals surface area contributed by atoms with E-state index in [-0.39, 0.29) is 5.91 Å². The molecular formula is C12H13BrN2OS2. The summed E-state index contributed by atoms with van der Waals surface area (Å²) in [6.07, 6.45) is 2.01. The van der Waals surface area contributed by atoms with Crippen molar-refractivity contribution >= 4 is 60.8 Å². The molecule has 0 aliphatic carbocycles. The summed E-state index contributed by atoms with van der Waals surface area (Å²) < 4.78 is 1.55. The molecule has 1 heterocycles. The fourth-order valence-electron chi connectivity index (χ4n) is 1.35. The number of halogens is 1. The molecule has 1 amide bonds. The summed E-state index contributed by atoms with van der Waals surface area (Å²) in [7, 11) is 0. The van der Waals surface area contributed by atoms with E-state index in [0.29, 0.717) is 0 Å². The Bertz CT molecular complexity index is 589. The minimum Gasteiger partial charge on any atom is -0.325 e. The topological polar surface area (TPSA) is 42.0 Å². The number of hydrogen-bond acceptors (Lipinski definition) is 4. The van der Waals surface area contributed by atoms with Gasteiger partial charge in [0, 0.05) is 5.69 Å². The number of thiazole rings is 1. The van der Waals surface area contributed by atoms with Crippen LogP contribution in [0.4, 0.5) is 5.69 Å². The number of aromatic nitrogens is 1. The number of carbonyl (C=O) groups excluding carboxylic acids is 1. The molecule has 0 radical (unpaired) electrons. The molecule has 96 valence electrons. The fraction of sp³-hybridized carbons (Fsp3) is 0.333. The van der Waals surface area contributed by atoms with Crippen LogP contribution in [0.2, 0.25) is 0 Å². The Morgan fingerprint density at radius 1 is 1.50 bits per heavy atom. The number of hydrogen-bond donors (Lipinski definition) is 1. The average molecular weight is 345 g/mol. The molecule has 18 heavy (non-hydrogen) atoms. The molecule has 0 bridgehead atoms. The minimum atomic E-state index is -0.569. The summed E-state index contributed by atoms with van der Waals surface area (Å²) in [6.45, 7) is 3.64. The van der Waals surface area contributed by atoms with E-state index in [9.17, 15) is 4.79 Å². The van der Waals surface area contributed by atoms with Gasteiger partial charge in [-0.3, -0.25) is 4.79 Å². The van der Waals surface area contributed by atoms with Crippen molar-refractivity contribution in [1.82, 2.24) is 4.98 Å². The number of benzene rings is 1. The van der Waals surface area contributed by atoms with E-state index in [2.05, 4.69) is 26.2 Å². The molecule has 0 saturated carbocycles. The van der Waals surface area contributed by atoms with Crippen molar-refractivity contribution in [1.29, 1.82) is 0 Å². The smallest absolute Gasteiger partial charge is 0.240 e. The first-order valence-electron chi connectivity index (χ1n) is 5.35. The van der Waals surface area contributed by atoms with Gasteiger partial charge in [0.15, 0.2) is 4.34 Å². The molecule has 2 aromatic rings. The zero-order chi connectivity index (χ0) is 13.3. The predicted molar refractivity (Wildman–Crippen MR) is 83.0 cm³/mol. The molecular weight excluding hydrogens is 332 g/mol. The number of alkyl halides is 1. The van der Waals surface area contributed by atoms with Crippen molar-refractivity contribution in [2.45, 2.75) is 22.5 Å². The van der Waals surface area contributed by atoms with Crippen LogP contribution in [-0.4, -0.2) is 21.5 Å².